The van der Waals surface area contributed by atoms with Crippen LogP contribution < -0.4 is 5.32 Å². The van der Waals surface area contributed by atoms with Crippen LogP contribution in [-0.4, -0.2) is 11.9 Å². The van der Waals surface area contributed by atoms with E-state index in [1.807, 2.05) is 0 Å². The van der Waals surface area contributed by atoms with Crippen molar-refractivity contribution in [3.63, 3.8) is 0 Å². The van der Waals surface area contributed by atoms with Gasteiger partial charge in [-0.1, -0.05) is 26.8 Å². The molecule has 23 heavy (non-hydrogen) atoms. The Balaban J connectivity index is 1.79. The van der Waals surface area contributed by atoms with Crippen LogP contribution in [0.25, 0.3) is 0 Å². The Morgan fingerprint density at radius 1 is 1.26 bits per heavy atom. The van der Waals surface area contributed by atoms with Crippen LogP contribution in [0.2, 0.25) is 0 Å². The second-order valence-electron chi connectivity index (χ2n) is 7.72. The van der Waals surface area contributed by atoms with E-state index in [-0.39, 0.29) is 22.4 Å². The van der Waals surface area contributed by atoms with Crippen molar-refractivity contribution in [2.45, 2.75) is 52.3 Å². The fraction of sp³-hybridized carbons (Fsp3) is 0.611. The third-order valence-corrected chi connectivity index (χ3v) is 6.55. The second-order valence-corrected chi connectivity index (χ2v) is 7.72. The van der Waals surface area contributed by atoms with Crippen molar-refractivity contribution < 1.29 is 18.0 Å². The molecule has 2 aliphatic rings. The Bertz CT molecular complexity index is 637. The van der Waals surface area contributed by atoms with Gasteiger partial charge in [-0.2, -0.15) is 13.2 Å². The summed E-state index contributed by atoms with van der Waals surface area (Å²) in [5.41, 5.74) is -0.554. The molecular weight excluding hydrogens is 303 g/mol. The number of amides is 1. The first-order valence-electron chi connectivity index (χ1n) is 8.04. The van der Waals surface area contributed by atoms with Crippen LogP contribution in [0.15, 0.2) is 24.3 Å². The van der Waals surface area contributed by atoms with Crippen LogP contribution in [-0.2, 0) is 6.18 Å². The Labute approximate surface area is 134 Å². The lowest BCUT2D eigenvalue weighted by Crippen LogP contribution is -2.46. The van der Waals surface area contributed by atoms with Gasteiger partial charge in [-0.3, -0.25) is 4.79 Å². The van der Waals surface area contributed by atoms with Gasteiger partial charge in [0, 0.05) is 11.6 Å². The van der Waals surface area contributed by atoms with Gasteiger partial charge in [0.15, 0.2) is 0 Å². The molecule has 126 valence electrons. The minimum Gasteiger partial charge on any atom is -0.349 e. The van der Waals surface area contributed by atoms with Gasteiger partial charge in [-0.25, -0.2) is 0 Å². The average molecular weight is 325 g/mol. The maximum atomic E-state index is 12.8. The molecule has 2 saturated carbocycles. The van der Waals surface area contributed by atoms with Crippen LogP contribution in [0.1, 0.15) is 56.0 Å². The summed E-state index contributed by atoms with van der Waals surface area (Å²) in [7, 11) is 0. The number of nitrogens with one attached hydrogen (secondary N) is 1. The molecule has 2 fully saturated rings. The molecule has 5 heteroatoms. The highest BCUT2D eigenvalue weighted by Gasteiger charge is 2.61. The standard InChI is InChI=1S/C18H22F3NO/c1-16(2)12-7-8-17(16,3)14(10-12)22-15(23)11-5-4-6-13(9-11)18(19,20)21/h4-6,9,12,14H,7-8,10H2,1-3H3,(H,22,23)/t12-,14-,17+/m0/s1. The lowest BCUT2D eigenvalue weighted by atomic mass is 9.69. The van der Waals surface area contributed by atoms with Gasteiger partial charge in [-0.15, -0.1) is 0 Å². The molecule has 1 N–H and O–H groups in total. The zero-order valence-electron chi connectivity index (χ0n) is 13.6. The van der Waals surface area contributed by atoms with Gasteiger partial charge in [0.2, 0.25) is 0 Å². The SMILES string of the molecule is CC1(C)[C@H]2CC[C@]1(C)[C@@H](NC(=O)c1cccc(C(F)(F)F)c1)C2. The average Bonchev–Trinajstić information content (AvgIpc) is 2.80. The summed E-state index contributed by atoms with van der Waals surface area (Å²) >= 11 is 0. The quantitative estimate of drug-likeness (QED) is 0.842. The lowest BCUT2D eigenvalue weighted by molar-refractivity contribution is -0.137. The Kier molecular flexibility index (Phi) is 3.54. The highest BCUT2D eigenvalue weighted by Crippen LogP contribution is 2.65. The number of benzene rings is 1. The lowest BCUT2D eigenvalue weighted by Gasteiger charge is -2.39. The molecule has 2 bridgehead atoms. The van der Waals surface area contributed by atoms with E-state index in [1.165, 1.54) is 18.6 Å². The topological polar surface area (TPSA) is 29.1 Å². The molecule has 0 spiro atoms. The molecular formula is C18H22F3NO. The third-order valence-electron chi connectivity index (χ3n) is 6.55. The van der Waals surface area contributed by atoms with Gasteiger partial charge >= 0.3 is 6.18 Å². The first kappa shape index (κ1) is 16.3. The number of hydrogen-bond donors (Lipinski definition) is 1. The van der Waals surface area contributed by atoms with E-state index in [2.05, 4.69) is 26.1 Å². The zero-order chi connectivity index (χ0) is 17.0. The van der Waals surface area contributed by atoms with Gasteiger partial charge in [0.05, 0.1) is 5.56 Å². The summed E-state index contributed by atoms with van der Waals surface area (Å²) in [6, 6.07) is 4.66. The van der Waals surface area contributed by atoms with E-state index in [4.69, 9.17) is 0 Å². The number of alkyl halides is 3. The van der Waals surface area contributed by atoms with Crippen LogP contribution >= 0.6 is 0 Å². The van der Waals surface area contributed by atoms with Gasteiger partial charge < -0.3 is 5.32 Å². The van der Waals surface area contributed by atoms with Crippen molar-refractivity contribution >= 4 is 5.91 Å². The molecule has 1 amide bonds. The summed E-state index contributed by atoms with van der Waals surface area (Å²) in [6.07, 6.45) is -1.30. The van der Waals surface area contributed by atoms with Crippen molar-refractivity contribution in [3.8, 4) is 0 Å². The second kappa shape index (κ2) is 4.99. The van der Waals surface area contributed by atoms with E-state index >= 15 is 0 Å². The number of halogens is 3. The number of carbonyl (C=O) groups excluding carboxylic acids is 1. The van der Waals surface area contributed by atoms with Crippen LogP contribution in [0, 0.1) is 16.7 Å². The zero-order valence-corrected chi connectivity index (χ0v) is 13.6. The van der Waals surface area contributed by atoms with E-state index in [0.717, 1.165) is 25.0 Å². The fourth-order valence-electron chi connectivity index (χ4n) is 4.50. The highest BCUT2D eigenvalue weighted by molar-refractivity contribution is 5.94. The van der Waals surface area contributed by atoms with Gasteiger partial charge in [-0.05, 0) is 54.2 Å². The molecule has 2 aliphatic carbocycles. The normalized spacial score (nSPS) is 32.1. The molecule has 0 unspecified atom stereocenters. The molecule has 0 heterocycles. The molecule has 0 aromatic heterocycles. The summed E-state index contributed by atoms with van der Waals surface area (Å²) < 4.78 is 38.4. The van der Waals surface area contributed by atoms with Crippen molar-refractivity contribution in [1.82, 2.24) is 5.32 Å². The Morgan fingerprint density at radius 3 is 2.48 bits per heavy atom. The largest absolute Gasteiger partial charge is 0.416 e. The van der Waals surface area contributed by atoms with Gasteiger partial charge in [0.1, 0.15) is 0 Å². The molecule has 2 nitrogen and oxygen atoms in total. The van der Waals surface area contributed by atoms with Crippen LogP contribution in [0.4, 0.5) is 13.2 Å². The highest BCUT2D eigenvalue weighted by atomic mass is 19.4. The van der Waals surface area contributed by atoms with E-state index in [0.29, 0.717) is 5.92 Å². The number of hydrogen-bond acceptors (Lipinski definition) is 1. The van der Waals surface area contributed by atoms with Gasteiger partial charge in [0.25, 0.3) is 5.91 Å². The summed E-state index contributed by atoms with van der Waals surface area (Å²) in [5, 5.41) is 3.00. The third kappa shape index (κ3) is 2.45. The maximum absolute atomic E-state index is 12.8. The summed E-state index contributed by atoms with van der Waals surface area (Å²) in [4.78, 5) is 12.4. The van der Waals surface area contributed by atoms with Crippen molar-refractivity contribution in [2.24, 2.45) is 16.7 Å². The predicted molar refractivity (Wildman–Crippen MR) is 81.9 cm³/mol. The maximum Gasteiger partial charge on any atom is 0.416 e. The number of rotatable bonds is 2. The van der Waals surface area contributed by atoms with E-state index < -0.39 is 17.6 Å². The first-order chi connectivity index (χ1) is 10.6. The monoisotopic (exact) mass is 325 g/mol. The molecule has 0 radical (unpaired) electrons. The molecule has 1 aromatic carbocycles. The smallest absolute Gasteiger partial charge is 0.349 e. The number of fused-ring (bicyclic) bond motifs is 2. The molecule has 0 saturated heterocycles. The summed E-state index contributed by atoms with van der Waals surface area (Å²) in [6.45, 7) is 6.67. The Morgan fingerprint density at radius 2 is 1.96 bits per heavy atom. The molecule has 1 aromatic rings. The van der Waals surface area contributed by atoms with Crippen molar-refractivity contribution in [1.29, 1.82) is 0 Å². The van der Waals surface area contributed by atoms with E-state index in [1.54, 1.807) is 0 Å². The van der Waals surface area contributed by atoms with E-state index in [9.17, 15) is 18.0 Å². The number of carbonyl (C=O) groups is 1. The van der Waals surface area contributed by atoms with Crippen LogP contribution in [0.3, 0.4) is 0 Å². The minimum absolute atomic E-state index is 0.00889. The first-order valence-corrected chi connectivity index (χ1v) is 8.04. The molecule has 3 atom stereocenters. The minimum atomic E-state index is -4.43. The van der Waals surface area contributed by atoms with Crippen molar-refractivity contribution in [3.05, 3.63) is 35.4 Å². The van der Waals surface area contributed by atoms with Crippen molar-refractivity contribution in [2.75, 3.05) is 0 Å². The predicted octanol–water partition coefficient (Wildman–Crippen LogP) is 4.65. The fourth-order valence-corrected chi connectivity index (χ4v) is 4.50. The molecule has 3 rings (SSSR count). The molecule has 0 aliphatic heterocycles. The van der Waals surface area contributed by atoms with Crippen LogP contribution in [0.5, 0.6) is 0 Å². The summed E-state index contributed by atoms with van der Waals surface area (Å²) in [5.74, 6) is 0.157. The Hall–Kier alpha value is -1.52.